The monoisotopic (exact) mass is 543 g/mol. The predicted octanol–water partition coefficient (Wildman–Crippen LogP) is 5.19. The Morgan fingerprint density at radius 2 is 1.54 bits per heavy atom. The smallest absolute Gasteiger partial charge is 0.225 e. The van der Waals surface area contributed by atoms with Crippen LogP contribution in [-0.4, -0.2) is 47.7 Å². The average Bonchev–Trinajstić information content (AvgIpc) is 3.08. The lowest BCUT2D eigenvalue weighted by atomic mass is 9.78. The Morgan fingerprint density at radius 1 is 1.03 bits per heavy atom. The second kappa shape index (κ2) is 10.5. The highest BCUT2D eigenvalue weighted by Gasteiger charge is 2.43. The highest BCUT2D eigenvalue weighted by Crippen LogP contribution is 2.40. The Bertz CT molecular complexity index is 1070. The molecule has 1 aliphatic heterocycles. The van der Waals surface area contributed by atoms with Crippen molar-refractivity contribution in [2.45, 2.75) is 58.3 Å². The minimum Gasteiger partial charge on any atom is -0.507 e. The molecule has 190 valence electrons. The van der Waals surface area contributed by atoms with Crippen LogP contribution in [0.4, 0.5) is 0 Å². The van der Waals surface area contributed by atoms with Gasteiger partial charge in [0.05, 0.1) is 18.4 Å². The number of amidine groups is 1. The quantitative estimate of drug-likeness (QED) is 0.452. The maximum Gasteiger partial charge on any atom is 0.225 e. The van der Waals surface area contributed by atoms with Crippen LogP contribution in [0.3, 0.4) is 0 Å². The largest absolute Gasteiger partial charge is 0.507 e. The van der Waals surface area contributed by atoms with E-state index < -0.39 is 11.8 Å². The number of phenols is 1. The Hall–Kier alpha value is -2.67. The fourth-order valence-electron chi connectivity index (χ4n) is 4.65. The van der Waals surface area contributed by atoms with Gasteiger partial charge in [-0.1, -0.05) is 71.9 Å². The van der Waals surface area contributed by atoms with Crippen molar-refractivity contribution in [1.82, 2.24) is 10.2 Å². The van der Waals surface area contributed by atoms with Gasteiger partial charge in [0.1, 0.15) is 11.6 Å². The van der Waals surface area contributed by atoms with Crippen molar-refractivity contribution in [2.75, 3.05) is 20.1 Å². The van der Waals surface area contributed by atoms with E-state index in [-0.39, 0.29) is 57.6 Å². The Kier molecular flexibility index (Phi) is 8.59. The molecule has 1 unspecified atom stereocenters. The number of hydrogen-bond acceptors (Lipinski definition) is 4. The van der Waals surface area contributed by atoms with Crippen molar-refractivity contribution >= 4 is 34.5 Å². The zero-order valence-corrected chi connectivity index (χ0v) is 23.4. The zero-order chi connectivity index (χ0) is 25.4. The van der Waals surface area contributed by atoms with Gasteiger partial charge in [-0.2, -0.15) is 0 Å². The lowest BCUT2D eigenvalue weighted by molar-refractivity contribution is -0.124. The molecule has 1 aliphatic rings. The molecule has 2 aromatic carbocycles. The van der Waals surface area contributed by atoms with Gasteiger partial charge in [0.2, 0.25) is 5.91 Å². The van der Waals surface area contributed by atoms with E-state index in [0.29, 0.717) is 12.1 Å². The molecule has 0 bridgehead atoms. The molecule has 35 heavy (non-hydrogen) atoms. The number of halogens is 1. The van der Waals surface area contributed by atoms with Crippen LogP contribution in [0.25, 0.3) is 0 Å². The molecule has 0 aliphatic carbocycles. The van der Waals surface area contributed by atoms with Crippen LogP contribution in [0.1, 0.15) is 74.5 Å². The van der Waals surface area contributed by atoms with Gasteiger partial charge >= 0.3 is 0 Å². The summed E-state index contributed by atoms with van der Waals surface area (Å²) in [5, 5.41) is 22.5. The van der Waals surface area contributed by atoms with E-state index in [1.54, 1.807) is 24.1 Å². The second-order valence-electron chi connectivity index (χ2n) is 11.2. The highest BCUT2D eigenvalue weighted by atomic mass is 79.9. The average molecular weight is 545 g/mol. The SMILES string of the molecule is Br.CNC(=O)[C@H]1CN(CC(=O)c2cc(C(C)(C)C)c(O)c(C(C)(C)C)c2)C(=N)C1c1ccccc1. The third kappa shape index (κ3) is 5.95. The van der Waals surface area contributed by atoms with Crippen LogP contribution in [0, 0.1) is 11.3 Å². The van der Waals surface area contributed by atoms with E-state index in [2.05, 4.69) is 5.32 Å². The van der Waals surface area contributed by atoms with E-state index >= 15 is 0 Å². The van der Waals surface area contributed by atoms with Gasteiger partial charge in [-0.3, -0.25) is 15.0 Å². The summed E-state index contributed by atoms with van der Waals surface area (Å²) in [6, 6.07) is 13.1. The van der Waals surface area contributed by atoms with Crippen LogP contribution in [-0.2, 0) is 15.6 Å². The maximum absolute atomic E-state index is 13.5. The van der Waals surface area contributed by atoms with Crippen LogP contribution >= 0.6 is 17.0 Å². The van der Waals surface area contributed by atoms with Gasteiger partial charge in [-0.05, 0) is 28.5 Å². The lowest BCUT2D eigenvalue weighted by Crippen LogP contribution is -2.34. The van der Waals surface area contributed by atoms with Crippen molar-refractivity contribution in [3.8, 4) is 5.75 Å². The molecule has 1 heterocycles. The molecule has 0 aromatic heterocycles. The minimum absolute atomic E-state index is 0. The van der Waals surface area contributed by atoms with Crippen LogP contribution < -0.4 is 5.32 Å². The Morgan fingerprint density at radius 3 is 2.00 bits per heavy atom. The molecule has 3 N–H and O–H groups in total. The zero-order valence-electron chi connectivity index (χ0n) is 21.7. The first kappa shape index (κ1) is 28.6. The molecule has 3 rings (SSSR count). The number of Topliss-reactive ketones (excluding diaryl/α,β-unsaturated/α-hetero) is 1. The van der Waals surface area contributed by atoms with Crippen molar-refractivity contribution in [1.29, 1.82) is 5.41 Å². The number of likely N-dealkylation sites (tertiary alicyclic amines) is 1. The summed E-state index contributed by atoms with van der Waals surface area (Å²) in [6.45, 7) is 12.4. The number of ketones is 1. The van der Waals surface area contributed by atoms with Gasteiger partial charge in [0.15, 0.2) is 5.78 Å². The first-order chi connectivity index (χ1) is 15.8. The minimum atomic E-state index is -0.442. The van der Waals surface area contributed by atoms with Crippen molar-refractivity contribution in [3.05, 3.63) is 64.7 Å². The normalized spacial score (nSPS) is 18.3. The molecule has 1 saturated heterocycles. The molecule has 1 fully saturated rings. The second-order valence-corrected chi connectivity index (χ2v) is 11.2. The van der Waals surface area contributed by atoms with Crippen molar-refractivity contribution in [2.24, 2.45) is 5.92 Å². The van der Waals surface area contributed by atoms with Crippen molar-refractivity contribution < 1.29 is 14.7 Å². The van der Waals surface area contributed by atoms with E-state index in [0.717, 1.165) is 16.7 Å². The molecule has 6 nitrogen and oxygen atoms in total. The molecule has 0 radical (unpaired) electrons. The third-order valence-corrected chi connectivity index (χ3v) is 6.58. The van der Waals surface area contributed by atoms with Gasteiger partial charge in [-0.15, -0.1) is 17.0 Å². The molecule has 0 spiro atoms. The topological polar surface area (TPSA) is 93.5 Å². The Balaban J connectivity index is 0.00000432. The summed E-state index contributed by atoms with van der Waals surface area (Å²) in [5.41, 5.74) is 2.17. The summed E-state index contributed by atoms with van der Waals surface area (Å²) in [6.07, 6.45) is 0. The number of carbonyl (C=O) groups is 2. The van der Waals surface area contributed by atoms with Gasteiger partial charge in [-0.25, -0.2) is 0 Å². The summed E-state index contributed by atoms with van der Waals surface area (Å²) >= 11 is 0. The molecule has 0 saturated carbocycles. The number of amides is 1. The first-order valence-corrected chi connectivity index (χ1v) is 11.8. The van der Waals surface area contributed by atoms with E-state index in [9.17, 15) is 14.7 Å². The molecular formula is C28H38BrN3O3. The summed E-state index contributed by atoms with van der Waals surface area (Å²) < 4.78 is 0. The standard InChI is InChI=1S/C28H37N3O3.BrH/c1-27(2,3)20-13-18(14-21(24(20)33)28(4,5)6)22(32)16-31-15-19(26(34)30-7)23(25(31)29)17-11-9-8-10-12-17;/h8-14,19,23,29,33H,15-16H2,1-7H3,(H,30,34);1H/t19-,23?;/m0./s1. The third-order valence-electron chi connectivity index (χ3n) is 6.58. The summed E-state index contributed by atoms with van der Waals surface area (Å²) in [5.74, 6) is -0.603. The number of phenolic OH excluding ortho intramolecular Hbond substituents is 1. The fraction of sp³-hybridized carbons (Fsp3) is 0.464. The van der Waals surface area contributed by atoms with Gasteiger partial charge < -0.3 is 15.3 Å². The Labute approximate surface area is 219 Å². The number of aromatic hydroxyl groups is 1. The summed E-state index contributed by atoms with van der Waals surface area (Å²) in [7, 11) is 1.60. The number of rotatable bonds is 5. The van der Waals surface area contributed by atoms with Crippen LogP contribution in [0.5, 0.6) is 5.75 Å². The molecule has 2 atom stereocenters. The predicted molar refractivity (Wildman–Crippen MR) is 146 cm³/mol. The molecule has 2 aromatic rings. The van der Waals surface area contributed by atoms with Crippen LogP contribution in [0.15, 0.2) is 42.5 Å². The van der Waals surface area contributed by atoms with Gasteiger partial charge in [0.25, 0.3) is 0 Å². The number of carbonyl (C=O) groups excluding carboxylic acids is 2. The maximum atomic E-state index is 13.5. The highest BCUT2D eigenvalue weighted by molar-refractivity contribution is 8.93. The van der Waals surface area contributed by atoms with Crippen molar-refractivity contribution in [3.63, 3.8) is 0 Å². The fourth-order valence-corrected chi connectivity index (χ4v) is 4.65. The number of benzene rings is 2. The van der Waals surface area contributed by atoms with E-state index in [4.69, 9.17) is 5.41 Å². The number of nitrogens with one attached hydrogen (secondary N) is 2. The number of hydrogen-bond donors (Lipinski definition) is 3. The molecule has 7 heteroatoms. The van der Waals surface area contributed by atoms with E-state index in [1.807, 2.05) is 71.9 Å². The lowest BCUT2D eigenvalue weighted by Gasteiger charge is -2.28. The summed E-state index contributed by atoms with van der Waals surface area (Å²) in [4.78, 5) is 27.8. The number of nitrogens with zero attached hydrogens (tertiary/aromatic N) is 1. The first-order valence-electron chi connectivity index (χ1n) is 11.8. The van der Waals surface area contributed by atoms with E-state index in [1.165, 1.54) is 0 Å². The molecular weight excluding hydrogens is 506 g/mol. The van der Waals surface area contributed by atoms with Gasteiger partial charge in [0, 0.05) is 30.3 Å². The van der Waals surface area contributed by atoms with Crippen LogP contribution in [0.2, 0.25) is 0 Å². The molecule has 1 amide bonds.